The first kappa shape index (κ1) is 19.9. The third kappa shape index (κ3) is 4.34. The lowest BCUT2D eigenvalue weighted by Gasteiger charge is -2.18. The Balaban J connectivity index is 1.33. The highest BCUT2D eigenvalue weighted by Crippen LogP contribution is 2.52. The van der Waals surface area contributed by atoms with Crippen molar-refractivity contribution < 1.29 is 14.3 Å². The average molecular weight is 377 g/mol. The lowest BCUT2D eigenvalue weighted by Crippen LogP contribution is -2.40. The lowest BCUT2D eigenvalue weighted by molar-refractivity contribution is -0.140. The van der Waals surface area contributed by atoms with Gasteiger partial charge in [0.05, 0.1) is 11.8 Å². The molecule has 150 valence electrons. The van der Waals surface area contributed by atoms with Gasteiger partial charge in [0.2, 0.25) is 11.8 Å². The second-order valence-corrected chi connectivity index (χ2v) is 7.66. The van der Waals surface area contributed by atoms with Crippen LogP contribution in [0.15, 0.2) is 17.1 Å². The van der Waals surface area contributed by atoms with Crippen molar-refractivity contribution in [3.63, 3.8) is 0 Å². The molecule has 2 amide bonds. The fourth-order valence-corrected chi connectivity index (χ4v) is 4.60. The van der Waals surface area contributed by atoms with E-state index in [1.54, 1.807) is 14.2 Å². The first-order chi connectivity index (χ1) is 13.2. The summed E-state index contributed by atoms with van der Waals surface area (Å²) in [7, 11) is 3.47. The molecular formula is C20H32N4O3. The highest BCUT2D eigenvalue weighted by molar-refractivity contribution is 6.06. The summed E-state index contributed by atoms with van der Waals surface area (Å²) in [6.07, 6.45) is 9.24. The number of amides is 2. The summed E-state index contributed by atoms with van der Waals surface area (Å²) < 4.78 is 5.04. The van der Waals surface area contributed by atoms with E-state index in [2.05, 4.69) is 27.8 Å². The normalized spacial score (nSPS) is 29.0. The van der Waals surface area contributed by atoms with E-state index in [4.69, 9.17) is 4.74 Å². The largest absolute Gasteiger partial charge is 0.385 e. The summed E-state index contributed by atoms with van der Waals surface area (Å²) in [5.41, 5.74) is 0. The number of carbonyl (C=O) groups excluding carboxylic acids is 2. The number of imide groups is 1. The quantitative estimate of drug-likeness (QED) is 0.197. The minimum absolute atomic E-state index is 0.0421. The van der Waals surface area contributed by atoms with Gasteiger partial charge in [-0.3, -0.25) is 19.5 Å². The van der Waals surface area contributed by atoms with Gasteiger partial charge in [-0.1, -0.05) is 12.2 Å². The number of ether oxygens (including phenoxy) is 1. The Labute approximate surface area is 161 Å². The molecule has 1 saturated heterocycles. The van der Waals surface area contributed by atoms with E-state index in [1.165, 1.54) is 4.90 Å². The molecule has 27 heavy (non-hydrogen) atoms. The molecule has 1 aliphatic heterocycles. The Hall–Kier alpha value is -1.89. The van der Waals surface area contributed by atoms with Crippen molar-refractivity contribution in [3.8, 4) is 0 Å². The number of nitrogens with one attached hydrogen (secondary N) is 2. The molecule has 4 unspecified atom stereocenters. The van der Waals surface area contributed by atoms with E-state index < -0.39 is 0 Å². The number of hydrogen-bond acceptors (Lipinski definition) is 4. The summed E-state index contributed by atoms with van der Waals surface area (Å²) in [6.45, 7) is 2.85. The third-order valence-corrected chi connectivity index (χ3v) is 5.95. The number of carbonyl (C=O) groups is 2. The molecular weight excluding hydrogens is 344 g/mol. The minimum atomic E-state index is -0.0898. The molecule has 0 aromatic heterocycles. The first-order valence-corrected chi connectivity index (χ1v) is 10.1. The van der Waals surface area contributed by atoms with Crippen LogP contribution in [0.2, 0.25) is 0 Å². The second-order valence-electron chi connectivity index (χ2n) is 7.66. The molecule has 2 aliphatic carbocycles. The lowest BCUT2D eigenvalue weighted by atomic mass is 9.85. The Kier molecular flexibility index (Phi) is 6.88. The van der Waals surface area contributed by atoms with Crippen molar-refractivity contribution in [1.29, 1.82) is 0 Å². The van der Waals surface area contributed by atoms with E-state index in [0.29, 0.717) is 13.1 Å². The van der Waals surface area contributed by atoms with Gasteiger partial charge in [0.15, 0.2) is 5.96 Å². The second kappa shape index (κ2) is 9.35. The van der Waals surface area contributed by atoms with Crippen LogP contribution in [0.1, 0.15) is 32.1 Å². The summed E-state index contributed by atoms with van der Waals surface area (Å²) in [5, 5.41) is 6.54. The zero-order chi connectivity index (χ0) is 19.2. The smallest absolute Gasteiger partial charge is 0.233 e. The zero-order valence-corrected chi connectivity index (χ0v) is 16.4. The molecule has 3 rings (SSSR count). The van der Waals surface area contributed by atoms with E-state index in [0.717, 1.165) is 51.2 Å². The van der Waals surface area contributed by atoms with Gasteiger partial charge in [-0.15, -0.1) is 0 Å². The molecule has 0 radical (unpaired) electrons. The standard InChI is InChI=1S/C20H32N4O3/c1-21-20(22-9-4-3-5-12-27-2)23-10-6-11-24-18(25)16-14-7-8-15(13-14)17(16)19(24)26/h7-8,14-17H,3-6,9-13H2,1-2H3,(H2,21,22,23). The molecule has 7 heteroatoms. The molecule has 2 N–H and O–H groups in total. The Morgan fingerprint density at radius 1 is 1.07 bits per heavy atom. The van der Waals surface area contributed by atoms with Gasteiger partial charge in [-0.2, -0.15) is 0 Å². The molecule has 2 fully saturated rings. The van der Waals surface area contributed by atoms with Gasteiger partial charge < -0.3 is 15.4 Å². The van der Waals surface area contributed by atoms with Crippen LogP contribution in [0.25, 0.3) is 0 Å². The van der Waals surface area contributed by atoms with E-state index in [1.807, 2.05) is 0 Å². The van der Waals surface area contributed by atoms with Crippen molar-refractivity contribution in [1.82, 2.24) is 15.5 Å². The van der Waals surface area contributed by atoms with E-state index >= 15 is 0 Å². The molecule has 4 atom stereocenters. The molecule has 0 aromatic carbocycles. The van der Waals surface area contributed by atoms with Crippen LogP contribution in [0.4, 0.5) is 0 Å². The Morgan fingerprint density at radius 2 is 1.70 bits per heavy atom. The fraction of sp³-hybridized carbons (Fsp3) is 0.750. The van der Waals surface area contributed by atoms with Gasteiger partial charge >= 0.3 is 0 Å². The van der Waals surface area contributed by atoms with Crippen molar-refractivity contribution >= 4 is 17.8 Å². The number of likely N-dealkylation sites (tertiary alicyclic amines) is 1. The van der Waals surface area contributed by atoms with Crippen molar-refractivity contribution in [2.24, 2.45) is 28.7 Å². The molecule has 3 aliphatic rings. The van der Waals surface area contributed by atoms with Crippen LogP contribution < -0.4 is 10.6 Å². The zero-order valence-electron chi connectivity index (χ0n) is 16.4. The van der Waals surface area contributed by atoms with E-state index in [-0.39, 0.29) is 35.5 Å². The van der Waals surface area contributed by atoms with Crippen LogP contribution in [-0.4, -0.2) is 63.1 Å². The number of hydrogen-bond donors (Lipinski definition) is 2. The van der Waals surface area contributed by atoms with Gasteiger partial charge in [0.1, 0.15) is 0 Å². The van der Waals surface area contributed by atoms with Crippen LogP contribution in [0.3, 0.4) is 0 Å². The average Bonchev–Trinajstić information content (AvgIpc) is 3.35. The number of nitrogens with zero attached hydrogens (tertiary/aromatic N) is 2. The number of allylic oxidation sites excluding steroid dienone is 2. The summed E-state index contributed by atoms with van der Waals surface area (Å²) in [5.74, 6) is 1.24. The highest BCUT2D eigenvalue weighted by Gasteiger charge is 2.58. The third-order valence-electron chi connectivity index (χ3n) is 5.95. The molecule has 7 nitrogen and oxygen atoms in total. The van der Waals surface area contributed by atoms with Gasteiger partial charge in [-0.25, -0.2) is 0 Å². The molecule has 1 saturated carbocycles. The maximum absolute atomic E-state index is 12.6. The Morgan fingerprint density at radius 3 is 2.30 bits per heavy atom. The van der Waals surface area contributed by atoms with Crippen molar-refractivity contribution in [3.05, 3.63) is 12.2 Å². The maximum Gasteiger partial charge on any atom is 0.233 e. The van der Waals surface area contributed by atoms with Gasteiger partial charge in [-0.05, 0) is 43.9 Å². The predicted molar refractivity (Wildman–Crippen MR) is 104 cm³/mol. The minimum Gasteiger partial charge on any atom is -0.385 e. The number of rotatable bonds is 10. The number of guanidine groups is 1. The molecule has 0 aromatic rings. The summed E-state index contributed by atoms with van der Waals surface area (Å²) in [4.78, 5) is 31.0. The summed E-state index contributed by atoms with van der Waals surface area (Å²) in [6, 6.07) is 0. The molecule has 0 spiro atoms. The molecule has 1 heterocycles. The number of methoxy groups -OCH3 is 1. The van der Waals surface area contributed by atoms with Crippen LogP contribution in [-0.2, 0) is 14.3 Å². The maximum atomic E-state index is 12.6. The number of unbranched alkanes of at least 4 members (excludes halogenated alkanes) is 2. The van der Waals surface area contributed by atoms with Crippen molar-refractivity contribution in [2.45, 2.75) is 32.1 Å². The van der Waals surface area contributed by atoms with Gasteiger partial charge in [0.25, 0.3) is 0 Å². The monoisotopic (exact) mass is 376 g/mol. The number of aliphatic imine (C=N–C) groups is 1. The van der Waals surface area contributed by atoms with Crippen LogP contribution >= 0.6 is 0 Å². The van der Waals surface area contributed by atoms with Crippen LogP contribution in [0.5, 0.6) is 0 Å². The molecule has 2 bridgehead atoms. The van der Waals surface area contributed by atoms with Gasteiger partial charge in [0, 0.05) is 40.4 Å². The fourth-order valence-electron chi connectivity index (χ4n) is 4.60. The first-order valence-electron chi connectivity index (χ1n) is 10.1. The highest BCUT2D eigenvalue weighted by atomic mass is 16.5. The van der Waals surface area contributed by atoms with E-state index in [9.17, 15) is 9.59 Å². The topological polar surface area (TPSA) is 83.0 Å². The van der Waals surface area contributed by atoms with Crippen molar-refractivity contribution in [2.75, 3.05) is 40.4 Å². The summed E-state index contributed by atoms with van der Waals surface area (Å²) >= 11 is 0. The SMILES string of the molecule is CN=C(NCCCCCOC)NCCCN1C(=O)C2C3C=CC(C3)C2C1=O. The predicted octanol–water partition coefficient (Wildman–Crippen LogP) is 1.17. The Bertz CT molecular complexity index is 574. The number of fused-ring (bicyclic) bond motifs is 5. The van der Waals surface area contributed by atoms with Crippen LogP contribution in [0, 0.1) is 23.7 Å².